The topological polar surface area (TPSA) is 86.9 Å². The van der Waals surface area contributed by atoms with Crippen LogP contribution in [0.3, 0.4) is 0 Å². The number of methoxy groups -OCH3 is 1. The zero-order chi connectivity index (χ0) is 22.0. The second-order valence-corrected chi connectivity index (χ2v) is 8.55. The Labute approximate surface area is 190 Å². The van der Waals surface area contributed by atoms with Crippen molar-refractivity contribution in [2.24, 2.45) is 15.4 Å². The van der Waals surface area contributed by atoms with E-state index in [1.165, 1.54) is 7.11 Å². The number of ether oxygens (including phenoxy) is 1. The quantitative estimate of drug-likeness (QED) is 0.679. The SMILES string of the molecule is COc1ccc(C2C=NN=N2)cc1C(=O)N1CC[C@](CCO)(c2ccc(Cl)c(Cl)c2)C1. The van der Waals surface area contributed by atoms with E-state index in [2.05, 4.69) is 15.4 Å². The molecule has 4 rings (SSSR count). The third kappa shape index (κ3) is 4.18. The minimum absolute atomic E-state index is 0.00704. The highest BCUT2D eigenvalue weighted by molar-refractivity contribution is 6.42. The number of benzene rings is 2. The van der Waals surface area contributed by atoms with Crippen LogP contribution in [-0.4, -0.2) is 48.9 Å². The number of amides is 1. The van der Waals surface area contributed by atoms with Gasteiger partial charge in [0, 0.05) is 25.1 Å². The molecule has 1 saturated heterocycles. The highest BCUT2D eigenvalue weighted by Crippen LogP contribution is 2.41. The monoisotopic (exact) mass is 460 g/mol. The average molecular weight is 461 g/mol. The van der Waals surface area contributed by atoms with E-state index in [1.54, 1.807) is 29.3 Å². The lowest BCUT2D eigenvalue weighted by Gasteiger charge is -2.30. The molecule has 9 heteroatoms. The first kappa shape index (κ1) is 21.7. The maximum absolute atomic E-state index is 13.5. The number of hydrogen-bond acceptors (Lipinski definition) is 6. The van der Waals surface area contributed by atoms with Crippen molar-refractivity contribution in [2.75, 3.05) is 26.8 Å². The molecule has 2 aromatic carbocycles. The van der Waals surface area contributed by atoms with Crippen molar-refractivity contribution >= 4 is 35.3 Å². The summed E-state index contributed by atoms with van der Waals surface area (Å²) >= 11 is 12.3. The van der Waals surface area contributed by atoms with Crippen LogP contribution in [0.4, 0.5) is 0 Å². The fourth-order valence-electron chi connectivity index (χ4n) is 4.28. The number of halogens is 2. The summed E-state index contributed by atoms with van der Waals surface area (Å²) in [4.78, 5) is 15.3. The molecule has 0 saturated carbocycles. The molecule has 1 unspecified atom stereocenters. The zero-order valence-electron chi connectivity index (χ0n) is 17.0. The van der Waals surface area contributed by atoms with Crippen molar-refractivity contribution in [3.8, 4) is 5.75 Å². The molecule has 0 spiro atoms. The number of aliphatic hydroxyl groups excluding tert-OH is 1. The summed E-state index contributed by atoms with van der Waals surface area (Å²) in [5.74, 6) is 0.361. The predicted octanol–water partition coefficient (Wildman–Crippen LogP) is 4.66. The van der Waals surface area contributed by atoms with Crippen molar-refractivity contribution in [3.05, 3.63) is 63.1 Å². The molecular formula is C22H22Cl2N4O3. The van der Waals surface area contributed by atoms with Gasteiger partial charge in [-0.05, 0) is 53.5 Å². The Kier molecular flexibility index (Phi) is 6.27. The van der Waals surface area contributed by atoms with E-state index >= 15 is 0 Å². The second-order valence-electron chi connectivity index (χ2n) is 7.73. The van der Waals surface area contributed by atoms with E-state index in [-0.39, 0.29) is 18.6 Å². The van der Waals surface area contributed by atoms with Crippen LogP contribution in [0, 0.1) is 0 Å². The number of likely N-dealkylation sites (tertiary alicyclic amines) is 1. The van der Waals surface area contributed by atoms with Crippen LogP contribution < -0.4 is 4.74 Å². The number of hydrogen-bond donors (Lipinski definition) is 1. The summed E-state index contributed by atoms with van der Waals surface area (Å²) in [7, 11) is 1.54. The van der Waals surface area contributed by atoms with Crippen LogP contribution in [0.2, 0.25) is 10.0 Å². The predicted molar refractivity (Wildman–Crippen MR) is 119 cm³/mol. The smallest absolute Gasteiger partial charge is 0.257 e. The van der Waals surface area contributed by atoms with E-state index in [0.29, 0.717) is 47.3 Å². The number of nitrogens with zero attached hydrogens (tertiary/aromatic N) is 4. The minimum Gasteiger partial charge on any atom is -0.496 e. The van der Waals surface area contributed by atoms with Gasteiger partial charge in [0.2, 0.25) is 0 Å². The molecular weight excluding hydrogens is 439 g/mol. The average Bonchev–Trinajstić information content (AvgIpc) is 3.46. The van der Waals surface area contributed by atoms with E-state index in [0.717, 1.165) is 11.1 Å². The van der Waals surface area contributed by atoms with E-state index in [1.807, 2.05) is 18.2 Å². The Hall–Kier alpha value is -2.48. The maximum atomic E-state index is 13.5. The number of carbonyl (C=O) groups excluding carboxylic acids is 1. The van der Waals surface area contributed by atoms with E-state index in [9.17, 15) is 9.90 Å². The van der Waals surface area contributed by atoms with Gasteiger partial charge >= 0.3 is 0 Å². The lowest BCUT2D eigenvalue weighted by Crippen LogP contribution is -2.35. The van der Waals surface area contributed by atoms with E-state index < -0.39 is 5.41 Å². The molecule has 0 aliphatic carbocycles. The molecule has 2 aliphatic rings. The van der Waals surface area contributed by atoms with Crippen molar-refractivity contribution in [3.63, 3.8) is 0 Å². The molecule has 7 nitrogen and oxygen atoms in total. The third-order valence-electron chi connectivity index (χ3n) is 5.99. The van der Waals surface area contributed by atoms with Gasteiger partial charge in [0.25, 0.3) is 5.91 Å². The normalized spacial score (nSPS) is 22.3. The van der Waals surface area contributed by atoms with Crippen LogP contribution in [0.5, 0.6) is 5.75 Å². The van der Waals surface area contributed by atoms with Crippen LogP contribution in [0.15, 0.2) is 51.8 Å². The molecule has 1 fully saturated rings. The van der Waals surface area contributed by atoms with E-state index in [4.69, 9.17) is 27.9 Å². The molecule has 1 amide bonds. The second kappa shape index (κ2) is 8.94. The maximum Gasteiger partial charge on any atom is 0.257 e. The van der Waals surface area contributed by atoms with Gasteiger partial charge in [-0.3, -0.25) is 4.79 Å². The molecule has 162 valence electrons. The molecule has 2 aromatic rings. The standard InChI is InChI=1S/C22H22Cl2N4O3/c1-31-20-5-2-14(19-12-25-27-26-19)10-16(20)21(30)28-8-6-22(13-28,7-9-29)15-3-4-17(23)18(24)11-15/h2-5,10-12,19,29H,6-9,13H2,1H3/t19?,22-/m1/s1. The lowest BCUT2D eigenvalue weighted by molar-refractivity contribution is 0.0776. The fourth-order valence-corrected chi connectivity index (χ4v) is 4.58. The van der Waals surface area contributed by atoms with Gasteiger partial charge in [0.1, 0.15) is 11.8 Å². The molecule has 31 heavy (non-hydrogen) atoms. The Morgan fingerprint density at radius 1 is 1.26 bits per heavy atom. The first-order valence-corrected chi connectivity index (χ1v) is 10.7. The lowest BCUT2D eigenvalue weighted by atomic mass is 9.77. The summed E-state index contributed by atoms with van der Waals surface area (Å²) < 4.78 is 5.45. The Morgan fingerprint density at radius 3 is 2.77 bits per heavy atom. The van der Waals surface area contributed by atoms with Gasteiger partial charge in [0.15, 0.2) is 0 Å². The number of aliphatic hydroxyl groups is 1. The van der Waals surface area contributed by atoms with Gasteiger partial charge in [-0.1, -0.05) is 35.3 Å². The van der Waals surface area contributed by atoms with Crippen molar-refractivity contribution < 1.29 is 14.6 Å². The first-order valence-electron chi connectivity index (χ1n) is 9.94. The van der Waals surface area contributed by atoms with Gasteiger partial charge in [-0.25, -0.2) is 0 Å². The fraction of sp³-hybridized carbons (Fsp3) is 0.364. The third-order valence-corrected chi connectivity index (χ3v) is 6.73. The molecule has 2 atom stereocenters. The summed E-state index contributed by atoms with van der Waals surface area (Å²) in [6.45, 7) is 1.02. The van der Waals surface area contributed by atoms with Crippen molar-refractivity contribution in [1.82, 2.24) is 4.90 Å². The van der Waals surface area contributed by atoms with Gasteiger partial charge in [-0.15, -0.1) is 5.10 Å². The summed E-state index contributed by atoms with van der Waals surface area (Å²) in [6.07, 6.45) is 2.86. The van der Waals surface area contributed by atoms with Crippen LogP contribution in [0.1, 0.15) is 40.4 Å². The highest BCUT2D eigenvalue weighted by Gasteiger charge is 2.41. The summed E-state index contributed by atoms with van der Waals surface area (Å²) in [5.41, 5.74) is 1.86. The van der Waals surface area contributed by atoms with Crippen LogP contribution in [-0.2, 0) is 5.41 Å². The van der Waals surface area contributed by atoms with Gasteiger partial charge in [-0.2, -0.15) is 5.11 Å². The first-order chi connectivity index (χ1) is 15.0. The van der Waals surface area contributed by atoms with Crippen molar-refractivity contribution in [2.45, 2.75) is 24.3 Å². The van der Waals surface area contributed by atoms with Gasteiger partial charge in [0.05, 0.1) is 28.9 Å². The Balaban J connectivity index is 1.64. The van der Waals surface area contributed by atoms with Gasteiger partial charge < -0.3 is 14.7 Å². The molecule has 0 bridgehead atoms. The molecule has 2 aliphatic heterocycles. The largest absolute Gasteiger partial charge is 0.496 e. The summed E-state index contributed by atoms with van der Waals surface area (Å²) in [5, 5.41) is 22.2. The Bertz CT molecular complexity index is 1050. The Morgan fingerprint density at radius 2 is 2.10 bits per heavy atom. The molecule has 1 N–H and O–H groups in total. The number of carbonyl (C=O) groups is 1. The van der Waals surface area contributed by atoms with Crippen LogP contribution >= 0.6 is 23.2 Å². The summed E-state index contributed by atoms with van der Waals surface area (Å²) in [6, 6.07) is 10.6. The minimum atomic E-state index is -0.393. The molecule has 2 heterocycles. The highest BCUT2D eigenvalue weighted by atomic mass is 35.5. The zero-order valence-corrected chi connectivity index (χ0v) is 18.5. The molecule has 0 aromatic heterocycles. The number of rotatable bonds is 6. The van der Waals surface area contributed by atoms with Crippen LogP contribution in [0.25, 0.3) is 0 Å². The molecule has 0 radical (unpaired) electrons. The van der Waals surface area contributed by atoms with Crippen molar-refractivity contribution in [1.29, 1.82) is 0 Å².